The van der Waals surface area contributed by atoms with E-state index in [1.807, 2.05) is 0 Å². The van der Waals surface area contributed by atoms with Crippen LogP contribution < -0.4 is 15.8 Å². The molecule has 7 nitrogen and oxygen atoms in total. The van der Waals surface area contributed by atoms with Gasteiger partial charge in [0.25, 0.3) is 0 Å². The van der Waals surface area contributed by atoms with Crippen molar-refractivity contribution in [2.24, 2.45) is 5.73 Å². The number of nitriles is 1. The van der Waals surface area contributed by atoms with Gasteiger partial charge in [-0.2, -0.15) is 5.26 Å². The molecule has 1 aromatic rings. The van der Waals surface area contributed by atoms with Gasteiger partial charge in [-0.25, -0.2) is 22.3 Å². The van der Waals surface area contributed by atoms with Crippen LogP contribution in [0, 0.1) is 17.1 Å². The Bertz CT molecular complexity index is 624. The van der Waals surface area contributed by atoms with E-state index in [1.54, 1.807) is 0 Å². The number of primary amides is 1. The number of urea groups is 1. The van der Waals surface area contributed by atoms with E-state index in [9.17, 15) is 17.6 Å². The number of nitrogens with two attached hydrogens (primary N) is 1. The molecular weight excluding hydrogens is 275 g/mol. The first-order valence-electron chi connectivity index (χ1n) is 5.10. The lowest BCUT2D eigenvalue weighted by Crippen LogP contribution is -2.37. The molecule has 19 heavy (non-hydrogen) atoms. The van der Waals surface area contributed by atoms with Crippen LogP contribution in [0.1, 0.15) is 5.56 Å². The Morgan fingerprint density at radius 3 is 2.68 bits per heavy atom. The van der Waals surface area contributed by atoms with E-state index in [4.69, 9.17) is 11.0 Å². The van der Waals surface area contributed by atoms with Crippen LogP contribution in [0.5, 0.6) is 0 Å². The third kappa shape index (κ3) is 3.90. The number of amides is 2. The van der Waals surface area contributed by atoms with Gasteiger partial charge in [-0.1, -0.05) is 6.07 Å². The number of nitrogens with one attached hydrogen (secondary N) is 2. The lowest BCUT2D eigenvalue weighted by molar-refractivity contribution is 0.249. The molecule has 9 heteroatoms. The van der Waals surface area contributed by atoms with E-state index in [1.165, 1.54) is 12.1 Å². The summed E-state index contributed by atoms with van der Waals surface area (Å²) in [5.74, 6) is -0.916. The Labute approximate surface area is 109 Å². The second-order valence-corrected chi connectivity index (χ2v) is 5.15. The number of carbonyl (C=O) groups excluding carboxylic acids is 1. The minimum absolute atomic E-state index is 0.0221. The number of halogens is 1. The molecule has 0 unspecified atom stereocenters. The smallest absolute Gasteiger partial charge is 0.312 e. The number of nitrogens with zero attached hydrogens (tertiary/aromatic N) is 1. The van der Waals surface area contributed by atoms with Crippen LogP contribution in [0.15, 0.2) is 23.1 Å². The summed E-state index contributed by atoms with van der Waals surface area (Å²) in [6, 6.07) is 4.00. The maximum Gasteiger partial charge on any atom is 0.312 e. The molecule has 4 N–H and O–H groups in total. The lowest BCUT2D eigenvalue weighted by atomic mass is 10.2. The van der Waals surface area contributed by atoms with Gasteiger partial charge < -0.3 is 11.1 Å². The molecule has 0 aromatic heterocycles. The molecule has 0 atom stereocenters. The van der Waals surface area contributed by atoms with Crippen LogP contribution >= 0.6 is 0 Å². The highest BCUT2D eigenvalue weighted by molar-refractivity contribution is 7.89. The minimum atomic E-state index is -4.03. The fourth-order valence-electron chi connectivity index (χ4n) is 1.29. The Kier molecular flexibility index (Phi) is 4.80. The molecule has 0 saturated carbocycles. The Morgan fingerprint density at radius 1 is 1.42 bits per heavy atom. The SMILES string of the molecule is N#Cc1c(F)cccc1S(=O)(=O)NCCNC(N)=O. The van der Waals surface area contributed by atoms with Gasteiger partial charge in [-0.15, -0.1) is 0 Å². The lowest BCUT2D eigenvalue weighted by Gasteiger charge is -2.08. The van der Waals surface area contributed by atoms with E-state index in [0.29, 0.717) is 0 Å². The van der Waals surface area contributed by atoms with Crippen molar-refractivity contribution in [1.82, 2.24) is 10.0 Å². The molecule has 2 amide bonds. The summed E-state index contributed by atoms with van der Waals surface area (Å²) in [4.78, 5) is 9.93. The van der Waals surface area contributed by atoms with Crippen molar-refractivity contribution in [2.45, 2.75) is 4.90 Å². The average Bonchev–Trinajstić information content (AvgIpc) is 2.34. The summed E-state index contributed by atoms with van der Waals surface area (Å²) in [5, 5.41) is 10.9. The molecule has 0 bridgehead atoms. The molecule has 1 rings (SSSR count). The van der Waals surface area contributed by atoms with E-state index in [0.717, 1.165) is 12.1 Å². The molecule has 0 spiro atoms. The second kappa shape index (κ2) is 6.12. The van der Waals surface area contributed by atoms with Gasteiger partial charge in [0.05, 0.1) is 0 Å². The van der Waals surface area contributed by atoms with Gasteiger partial charge in [0, 0.05) is 13.1 Å². The van der Waals surface area contributed by atoms with Gasteiger partial charge in [0.15, 0.2) is 0 Å². The van der Waals surface area contributed by atoms with Gasteiger partial charge >= 0.3 is 6.03 Å². The summed E-state index contributed by atoms with van der Waals surface area (Å²) in [5.41, 5.74) is 4.24. The third-order valence-electron chi connectivity index (χ3n) is 2.09. The molecule has 0 radical (unpaired) electrons. The first-order valence-corrected chi connectivity index (χ1v) is 6.58. The van der Waals surface area contributed by atoms with E-state index < -0.39 is 32.3 Å². The first kappa shape index (κ1) is 14.9. The number of hydrogen-bond donors (Lipinski definition) is 3. The minimum Gasteiger partial charge on any atom is -0.352 e. The van der Waals surface area contributed by atoms with Crippen LogP contribution in [-0.2, 0) is 10.0 Å². The second-order valence-electron chi connectivity index (χ2n) is 3.41. The van der Waals surface area contributed by atoms with Crippen LogP contribution in [-0.4, -0.2) is 27.5 Å². The van der Waals surface area contributed by atoms with Crippen molar-refractivity contribution in [3.05, 3.63) is 29.6 Å². The maximum absolute atomic E-state index is 13.3. The van der Waals surface area contributed by atoms with E-state index in [2.05, 4.69) is 10.0 Å². The standard InChI is InChI=1S/C10H11FN4O3S/c11-8-2-1-3-9(7(8)6-12)19(17,18)15-5-4-14-10(13)16/h1-3,15H,4-5H2,(H3,13,14,16). The Balaban J connectivity index is 2.87. The zero-order valence-corrected chi connectivity index (χ0v) is 10.5. The predicted octanol–water partition coefficient (Wildman–Crippen LogP) is -0.356. The first-order chi connectivity index (χ1) is 8.88. The summed E-state index contributed by atoms with van der Waals surface area (Å²) in [7, 11) is -4.03. The quantitative estimate of drug-likeness (QED) is 0.639. The number of benzene rings is 1. The molecule has 0 aliphatic heterocycles. The van der Waals surface area contributed by atoms with Crippen LogP contribution in [0.4, 0.5) is 9.18 Å². The Hall–Kier alpha value is -2.18. The van der Waals surface area contributed by atoms with Crippen LogP contribution in [0.2, 0.25) is 0 Å². The summed E-state index contributed by atoms with van der Waals surface area (Å²) in [6.45, 7) is -0.154. The van der Waals surface area contributed by atoms with Crippen molar-refractivity contribution in [2.75, 3.05) is 13.1 Å². The predicted molar refractivity (Wildman–Crippen MR) is 63.9 cm³/mol. The van der Waals surface area contributed by atoms with Crippen LogP contribution in [0.25, 0.3) is 0 Å². The molecular formula is C10H11FN4O3S. The van der Waals surface area contributed by atoms with Gasteiger partial charge in [-0.05, 0) is 12.1 Å². The summed E-state index contributed by atoms with van der Waals surface area (Å²) in [6.07, 6.45) is 0. The zero-order valence-electron chi connectivity index (χ0n) is 9.68. The van der Waals surface area contributed by atoms with Gasteiger partial charge in [0.2, 0.25) is 10.0 Å². The Morgan fingerprint density at radius 2 is 2.11 bits per heavy atom. The zero-order chi connectivity index (χ0) is 14.5. The summed E-state index contributed by atoms with van der Waals surface area (Å²) >= 11 is 0. The number of hydrogen-bond acceptors (Lipinski definition) is 4. The maximum atomic E-state index is 13.3. The van der Waals surface area contributed by atoms with Crippen molar-refractivity contribution >= 4 is 16.1 Å². The molecule has 0 heterocycles. The fourth-order valence-corrected chi connectivity index (χ4v) is 2.48. The molecule has 0 fully saturated rings. The molecule has 0 saturated heterocycles. The highest BCUT2D eigenvalue weighted by Crippen LogP contribution is 2.17. The van der Waals surface area contributed by atoms with Crippen molar-refractivity contribution in [3.8, 4) is 6.07 Å². The summed E-state index contributed by atoms with van der Waals surface area (Å²) < 4.78 is 39.1. The molecule has 1 aromatic carbocycles. The van der Waals surface area contributed by atoms with E-state index >= 15 is 0 Å². The van der Waals surface area contributed by atoms with Crippen molar-refractivity contribution in [3.63, 3.8) is 0 Å². The average molecular weight is 286 g/mol. The number of carbonyl (C=O) groups is 1. The van der Waals surface area contributed by atoms with E-state index in [-0.39, 0.29) is 13.1 Å². The number of rotatable bonds is 5. The fraction of sp³-hybridized carbons (Fsp3) is 0.200. The third-order valence-corrected chi connectivity index (χ3v) is 3.60. The van der Waals surface area contributed by atoms with Crippen molar-refractivity contribution < 1.29 is 17.6 Å². The molecule has 102 valence electrons. The topological polar surface area (TPSA) is 125 Å². The van der Waals surface area contributed by atoms with Gasteiger partial charge in [0.1, 0.15) is 22.3 Å². The van der Waals surface area contributed by atoms with Gasteiger partial charge in [-0.3, -0.25) is 0 Å². The monoisotopic (exact) mass is 286 g/mol. The number of sulfonamides is 1. The largest absolute Gasteiger partial charge is 0.352 e. The van der Waals surface area contributed by atoms with Crippen molar-refractivity contribution in [1.29, 1.82) is 5.26 Å². The highest BCUT2D eigenvalue weighted by atomic mass is 32.2. The normalized spacial score (nSPS) is 10.7. The van der Waals surface area contributed by atoms with Crippen LogP contribution in [0.3, 0.4) is 0 Å². The molecule has 0 aliphatic rings. The molecule has 0 aliphatic carbocycles. The highest BCUT2D eigenvalue weighted by Gasteiger charge is 2.20.